The molecule has 0 bridgehead atoms. The van der Waals surface area contributed by atoms with Gasteiger partial charge in [0.2, 0.25) is 17.7 Å². The molecule has 15 nitrogen and oxygen atoms in total. The van der Waals surface area contributed by atoms with Crippen LogP contribution in [0.1, 0.15) is 111 Å². The fourth-order valence-corrected chi connectivity index (χ4v) is 12.8. The maximum absolute atomic E-state index is 16.5. The largest absolute Gasteiger partial charge is 0.488 e. The normalized spacial score (nSPS) is 24.9. The number of carbonyl (C=O) groups excluding carboxylic acids is 4. The Hall–Kier alpha value is -6.14. The van der Waals surface area contributed by atoms with Crippen LogP contribution < -0.4 is 30.7 Å². The number of fused-ring (bicyclic) bond motifs is 2. The first-order valence-electron chi connectivity index (χ1n) is 25.7. The van der Waals surface area contributed by atoms with Crippen molar-refractivity contribution < 1.29 is 42.5 Å². The quantitative estimate of drug-likeness (QED) is 0.0905. The molecule has 4 atom stereocenters. The van der Waals surface area contributed by atoms with E-state index in [0.29, 0.717) is 42.5 Å². The summed E-state index contributed by atoms with van der Waals surface area (Å²) in [6, 6.07) is 20.2. The Morgan fingerprint density at radius 1 is 0.959 bits per heavy atom. The van der Waals surface area contributed by atoms with E-state index >= 15 is 8.78 Å². The summed E-state index contributed by atoms with van der Waals surface area (Å²) in [5, 5.41) is 20.7. The Kier molecular flexibility index (Phi) is 14.2. The third-order valence-corrected chi connectivity index (χ3v) is 16.8. The van der Waals surface area contributed by atoms with Crippen molar-refractivity contribution in [3.63, 3.8) is 0 Å². The number of aromatic nitrogens is 2. The van der Waals surface area contributed by atoms with Crippen molar-refractivity contribution in [2.45, 2.75) is 107 Å². The third-order valence-electron chi connectivity index (χ3n) is 16.4. The summed E-state index contributed by atoms with van der Waals surface area (Å²) in [5.74, 6) is -2.57. The highest BCUT2D eigenvalue weighted by atomic mass is 35.5. The number of nitrogens with one attached hydrogen (secondary N) is 2. The van der Waals surface area contributed by atoms with Crippen LogP contribution in [0.2, 0.25) is 5.02 Å². The second-order valence-corrected chi connectivity index (χ2v) is 20.9. The summed E-state index contributed by atoms with van der Waals surface area (Å²) < 4.78 is 46.5. The molecule has 5 amide bonds. The zero-order chi connectivity index (χ0) is 51.3. The van der Waals surface area contributed by atoms with Crippen LogP contribution in [-0.4, -0.2) is 113 Å². The number of nitrogens with two attached hydrogens (primary N) is 1. The number of ether oxygens (including phenoxy) is 2. The van der Waals surface area contributed by atoms with Gasteiger partial charge < -0.3 is 30.5 Å². The van der Waals surface area contributed by atoms with Crippen molar-refractivity contribution >= 4 is 52.1 Å². The molecule has 5 N–H and O–H groups in total. The fourth-order valence-electron chi connectivity index (χ4n) is 12.5. The number of aryl methyl sites for hydroxylation is 1. The average molecular weight is 1020 g/mol. The molecule has 5 aliphatic rings. The molecule has 386 valence electrons. The Morgan fingerprint density at radius 2 is 1.71 bits per heavy atom. The molecule has 0 radical (unpaired) electrons. The second kappa shape index (κ2) is 20.6. The van der Waals surface area contributed by atoms with Crippen LogP contribution in [0.15, 0.2) is 66.7 Å². The molecule has 4 aromatic carbocycles. The number of hydrogen-bond acceptors (Lipinski definition) is 10. The van der Waals surface area contributed by atoms with E-state index in [1.807, 2.05) is 49.0 Å². The monoisotopic (exact) mass is 1020 g/mol. The molecule has 5 heterocycles. The minimum absolute atomic E-state index is 0.0514. The lowest BCUT2D eigenvalue weighted by Gasteiger charge is -2.46. The van der Waals surface area contributed by atoms with Crippen LogP contribution in [0.5, 0.6) is 11.5 Å². The van der Waals surface area contributed by atoms with E-state index in [-0.39, 0.29) is 71.6 Å². The first-order valence-corrected chi connectivity index (χ1v) is 26.0. The molecular formula is C55H63ClF2N8O7. The number of piperidine rings is 2. The predicted molar refractivity (Wildman–Crippen MR) is 273 cm³/mol. The van der Waals surface area contributed by atoms with Gasteiger partial charge in [-0.25, -0.2) is 13.6 Å². The molecule has 0 spiro atoms. The number of likely N-dealkylation sites (tertiary alicyclic amines) is 2. The van der Waals surface area contributed by atoms with Crippen molar-refractivity contribution in [1.82, 2.24) is 30.2 Å². The summed E-state index contributed by atoms with van der Waals surface area (Å²) in [5.41, 5.74) is 7.53. The van der Waals surface area contributed by atoms with E-state index in [2.05, 4.69) is 50.7 Å². The molecule has 0 unspecified atom stereocenters. The number of rotatable bonds is 13. The Bertz CT molecular complexity index is 2940. The number of hydrogen-bond donors (Lipinski definition) is 4. The molecular weight excluding hydrogens is 958 g/mol. The number of urea groups is 1. The molecule has 3 saturated heterocycles. The lowest BCUT2D eigenvalue weighted by molar-refractivity contribution is -0.138. The van der Waals surface area contributed by atoms with Crippen molar-refractivity contribution in [1.29, 1.82) is 0 Å². The van der Waals surface area contributed by atoms with Crippen molar-refractivity contribution in [2.75, 3.05) is 50.8 Å². The molecule has 1 aliphatic carbocycles. The maximum atomic E-state index is 16.5. The highest BCUT2D eigenvalue weighted by Crippen LogP contribution is 2.56. The van der Waals surface area contributed by atoms with Gasteiger partial charge in [-0.1, -0.05) is 54.9 Å². The van der Waals surface area contributed by atoms with Crippen LogP contribution in [-0.2, 0) is 22.2 Å². The van der Waals surface area contributed by atoms with E-state index < -0.39 is 40.1 Å². The number of benzene rings is 4. The van der Waals surface area contributed by atoms with Crippen molar-refractivity contribution in [3.8, 4) is 22.6 Å². The number of halogens is 3. The highest BCUT2D eigenvalue weighted by Gasteiger charge is 2.50. The van der Waals surface area contributed by atoms with E-state index in [1.54, 1.807) is 4.90 Å². The average Bonchev–Trinajstić information content (AvgIpc) is 3.87. The molecule has 4 aliphatic heterocycles. The van der Waals surface area contributed by atoms with Crippen molar-refractivity contribution in [2.24, 2.45) is 18.7 Å². The molecule has 10 rings (SSSR count). The highest BCUT2D eigenvalue weighted by molar-refractivity contribution is 6.34. The molecule has 4 fully saturated rings. The minimum atomic E-state index is -1.11. The van der Waals surface area contributed by atoms with Gasteiger partial charge in [-0.2, -0.15) is 5.10 Å². The zero-order valence-corrected chi connectivity index (χ0v) is 42.2. The smallest absolute Gasteiger partial charge is 0.329 e. The summed E-state index contributed by atoms with van der Waals surface area (Å²) in [4.78, 5) is 57.5. The summed E-state index contributed by atoms with van der Waals surface area (Å²) in [6.45, 7) is 6.70. The standard InChI is InChI=1S/C55H63ClF2N8O7/c1-31-27-35(34-11-14-39-42(28-34)63(3)62-52(39)66-24-20-45(68)61-54(66)71)17-23-65(31)38-18-21-64(22-19-38)53(70)33-9-12-37(13-10-33)60-30-55(36-7-5-4-6-8-36)32(2)46-44(73-55)29-41(57)49(56)48(46)47-40(51(59)69)15-16-43(50(47)58)72-26-25-67/h4-8,11,14-16,28-29,31-33,35,37-38,60,67H,9-10,12-13,17-27,30H2,1-3H3,(H2,59,69)(H,61,68,71)/t31-,32-,33?,35+,37?,55-/m0/s1. The predicted octanol–water partition coefficient (Wildman–Crippen LogP) is 7.89. The number of anilines is 1. The number of nitrogens with zero attached hydrogens (tertiary/aromatic N) is 5. The van der Waals surface area contributed by atoms with Crippen LogP contribution in [0, 0.1) is 17.6 Å². The number of aliphatic hydroxyl groups excluding tert-OH is 1. The molecule has 5 aromatic rings. The van der Waals surface area contributed by atoms with Crippen LogP contribution in [0.4, 0.5) is 19.4 Å². The van der Waals surface area contributed by atoms with Gasteiger partial charge in [0, 0.05) is 97.8 Å². The van der Waals surface area contributed by atoms with E-state index in [1.165, 1.54) is 23.8 Å². The van der Waals surface area contributed by atoms with Gasteiger partial charge in [0.25, 0.3) is 0 Å². The number of carbonyl (C=O) groups is 4. The van der Waals surface area contributed by atoms with Gasteiger partial charge in [0.15, 0.2) is 23.0 Å². The maximum Gasteiger partial charge on any atom is 0.329 e. The Morgan fingerprint density at radius 3 is 2.41 bits per heavy atom. The van der Waals surface area contributed by atoms with Gasteiger partial charge in [0.05, 0.1) is 22.7 Å². The topological polar surface area (TPSA) is 185 Å². The Labute approximate surface area is 428 Å². The van der Waals surface area contributed by atoms with Crippen LogP contribution in [0.3, 0.4) is 0 Å². The van der Waals surface area contributed by atoms with Gasteiger partial charge in [0.1, 0.15) is 18.2 Å². The molecule has 18 heteroatoms. The van der Waals surface area contributed by atoms with Gasteiger partial charge in [-0.05, 0) is 106 Å². The molecule has 73 heavy (non-hydrogen) atoms. The summed E-state index contributed by atoms with van der Waals surface area (Å²) in [7, 11) is 1.89. The van der Waals surface area contributed by atoms with E-state index in [9.17, 15) is 24.3 Å². The number of primary amides is 1. The minimum Gasteiger partial charge on any atom is -0.488 e. The van der Waals surface area contributed by atoms with E-state index in [4.69, 9.17) is 26.8 Å². The van der Waals surface area contributed by atoms with E-state index in [0.717, 1.165) is 87.5 Å². The third kappa shape index (κ3) is 9.42. The molecule has 1 saturated carbocycles. The number of amides is 5. The SMILES string of the molecule is C[C@H]1C[C@H](c2ccc3c(N4CCC(=O)NC4=O)nn(C)c3c2)CCN1C1CCN(C(=O)C2CCC(NC[C@]3(c4ccccc4)Oc4cc(F)c(Cl)c(-c5c(C(N)=O)ccc(OCCO)c5F)c4[C@@H]3C)CC2)CC1. The first-order chi connectivity index (χ1) is 35.2. The van der Waals surface area contributed by atoms with Gasteiger partial charge in [-0.15, -0.1) is 0 Å². The zero-order valence-electron chi connectivity index (χ0n) is 41.5. The lowest BCUT2D eigenvalue weighted by Crippen LogP contribution is -2.53. The lowest BCUT2D eigenvalue weighted by atomic mass is 9.77. The summed E-state index contributed by atoms with van der Waals surface area (Å²) >= 11 is 6.73. The van der Waals surface area contributed by atoms with Crippen molar-refractivity contribution in [3.05, 3.63) is 106 Å². The van der Waals surface area contributed by atoms with Crippen LogP contribution in [0.25, 0.3) is 22.0 Å². The molecule has 1 aromatic heterocycles. The number of imide groups is 1. The Balaban J connectivity index is 0.757. The van der Waals surface area contributed by atoms with Crippen LogP contribution >= 0.6 is 11.6 Å². The fraction of sp³-hybridized carbons (Fsp3) is 0.473. The first kappa shape index (κ1) is 50.4. The summed E-state index contributed by atoms with van der Waals surface area (Å²) in [6.07, 6.45) is 7.21. The second-order valence-electron chi connectivity index (χ2n) is 20.5. The van der Waals surface area contributed by atoms with Gasteiger partial charge >= 0.3 is 6.03 Å². The number of aliphatic hydroxyl groups is 1. The van der Waals surface area contributed by atoms with Gasteiger partial charge in [-0.3, -0.25) is 34.2 Å².